The molecule has 2 rings (SSSR count). The van der Waals surface area contributed by atoms with Crippen LogP contribution < -0.4 is 10.2 Å². The second-order valence-electron chi connectivity index (χ2n) is 3.81. The Morgan fingerprint density at radius 2 is 2.40 bits per heavy atom. The fourth-order valence-electron chi connectivity index (χ4n) is 1.79. The van der Waals surface area contributed by atoms with Gasteiger partial charge in [-0.3, -0.25) is 4.98 Å². The summed E-state index contributed by atoms with van der Waals surface area (Å²) in [6.45, 7) is 4.54. The third-order valence-corrected chi connectivity index (χ3v) is 3.76. The Labute approximate surface area is 95.3 Å². The maximum Gasteiger partial charge on any atom is 0.0574 e. The first-order chi connectivity index (χ1) is 7.29. The molecule has 0 spiro atoms. The number of rotatable bonds is 2. The number of anilines is 2. The second-order valence-corrected chi connectivity index (χ2v) is 5.36. The summed E-state index contributed by atoms with van der Waals surface area (Å²) >= 11 is 2.05. The molecule has 0 aliphatic carbocycles. The molecule has 3 nitrogen and oxygen atoms in total. The van der Waals surface area contributed by atoms with Crippen molar-refractivity contribution in [2.24, 2.45) is 0 Å². The molecule has 1 unspecified atom stereocenters. The lowest BCUT2D eigenvalue weighted by Gasteiger charge is -2.32. The van der Waals surface area contributed by atoms with E-state index in [1.807, 2.05) is 31.2 Å². The SMILES string of the molecule is CNc1cncc(N2CCSC(C)C2)c1. The van der Waals surface area contributed by atoms with Gasteiger partial charge in [0.1, 0.15) is 0 Å². The van der Waals surface area contributed by atoms with Crippen LogP contribution >= 0.6 is 11.8 Å². The van der Waals surface area contributed by atoms with Crippen molar-refractivity contribution < 1.29 is 0 Å². The van der Waals surface area contributed by atoms with E-state index >= 15 is 0 Å². The maximum atomic E-state index is 4.24. The van der Waals surface area contributed by atoms with Crippen LogP contribution in [-0.4, -0.2) is 36.1 Å². The first-order valence-corrected chi connectivity index (χ1v) is 6.34. The molecule has 1 aromatic rings. The van der Waals surface area contributed by atoms with Crippen LogP contribution in [-0.2, 0) is 0 Å². The van der Waals surface area contributed by atoms with Crippen molar-refractivity contribution in [2.75, 3.05) is 36.1 Å². The number of pyridine rings is 1. The summed E-state index contributed by atoms with van der Waals surface area (Å²) in [7, 11) is 1.93. The van der Waals surface area contributed by atoms with Gasteiger partial charge in [-0.25, -0.2) is 0 Å². The Kier molecular flexibility index (Phi) is 3.36. The van der Waals surface area contributed by atoms with Crippen molar-refractivity contribution in [2.45, 2.75) is 12.2 Å². The molecular weight excluding hydrogens is 206 g/mol. The van der Waals surface area contributed by atoms with Crippen LogP contribution in [0.2, 0.25) is 0 Å². The Morgan fingerprint density at radius 1 is 1.53 bits per heavy atom. The van der Waals surface area contributed by atoms with Crippen LogP contribution in [0, 0.1) is 0 Å². The van der Waals surface area contributed by atoms with Crippen molar-refractivity contribution in [3.05, 3.63) is 18.5 Å². The van der Waals surface area contributed by atoms with Crippen molar-refractivity contribution in [3.8, 4) is 0 Å². The highest BCUT2D eigenvalue weighted by Crippen LogP contribution is 2.24. The highest BCUT2D eigenvalue weighted by Gasteiger charge is 2.17. The molecule has 2 heterocycles. The molecular formula is C11H17N3S. The van der Waals surface area contributed by atoms with Gasteiger partial charge >= 0.3 is 0 Å². The van der Waals surface area contributed by atoms with Crippen molar-refractivity contribution in [1.82, 2.24) is 4.98 Å². The molecule has 1 N–H and O–H groups in total. The number of nitrogens with one attached hydrogen (secondary N) is 1. The van der Waals surface area contributed by atoms with E-state index in [-0.39, 0.29) is 0 Å². The predicted molar refractivity (Wildman–Crippen MR) is 67.9 cm³/mol. The van der Waals surface area contributed by atoms with E-state index in [2.05, 4.69) is 28.2 Å². The third-order valence-electron chi connectivity index (χ3n) is 2.62. The molecule has 0 aromatic carbocycles. The van der Waals surface area contributed by atoms with Gasteiger partial charge in [-0.15, -0.1) is 0 Å². The molecule has 1 fully saturated rings. The van der Waals surface area contributed by atoms with Crippen LogP contribution in [0.1, 0.15) is 6.92 Å². The van der Waals surface area contributed by atoms with E-state index in [0.29, 0.717) is 0 Å². The molecule has 0 bridgehead atoms. The van der Waals surface area contributed by atoms with Gasteiger partial charge in [0.25, 0.3) is 0 Å². The van der Waals surface area contributed by atoms with E-state index in [4.69, 9.17) is 0 Å². The van der Waals surface area contributed by atoms with Crippen molar-refractivity contribution in [3.63, 3.8) is 0 Å². The lowest BCUT2D eigenvalue weighted by Crippen LogP contribution is -2.36. The summed E-state index contributed by atoms with van der Waals surface area (Å²) in [6, 6.07) is 2.16. The lowest BCUT2D eigenvalue weighted by molar-refractivity contribution is 0.781. The molecule has 1 saturated heterocycles. The van der Waals surface area contributed by atoms with Crippen LogP contribution in [0.4, 0.5) is 11.4 Å². The topological polar surface area (TPSA) is 28.2 Å². The highest BCUT2D eigenvalue weighted by atomic mass is 32.2. The molecule has 82 valence electrons. The summed E-state index contributed by atoms with van der Waals surface area (Å²) in [4.78, 5) is 6.66. The van der Waals surface area contributed by atoms with Gasteiger partial charge in [0, 0.05) is 31.1 Å². The Morgan fingerprint density at radius 3 is 3.13 bits per heavy atom. The molecule has 0 saturated carbocycles. The first kappa shape index (κ1) is 10.6. The standard InChI is InChI=1S/C11H17N3S/c1-9-8-14(3-4-15-9)11-5-10(12-2)6-13-7-11/h5-7,9,12H,3-4,8H2,1-2H3. The van der Waals surface area contributed by atoms with Crippen molar-refractivity contribution in [1.29, 1.82) is 0 Å². The molecule has 1 atom stereocenters. The molecule has 1 aliphatic rings. The van der Waals surface area contributed by atoms with Gasteiger partial charge < -0.3 is 10.2 Å². The van der Waals surface area contributed by atoms with Gasteiger partial charge in [0.2, 0.25) is 0 Å². The quantitative estimate of drug-likeness (QED) is 0.831. The predicted octanol–water partition coefficient (Wildman–Crippen LogP) is 2.06. The summed E-state index contributed by atoms with van der Waals surface area (Å²) in [6.07, 6.45) is 3.80. The number of thioether (sulfide) groups is 1. The third kappa shape index (κ3) is 2.56. The number of hydrogen-bond acceptors (Lipinski definition) is 4. The van der Waals surface area contributed by atoms with Gasteiger partial charge in [-0.2, -0.15) is 11.8 Å². The fraction of sp³-hybridized carbons (Fsp3) is 0.545. The maximum absolute atomic E-state index is 4.24. The second kappa shape index (κ2) is 4.75. The highest BCUT2D eigenvalue weighted by molar-refractivity contribution is 8.00. The van der Waals surface area contributed by atoms with Crippen LogP contribution in [0.25, 0.3) is 0 Å². The largest absolute Gasteiger partial charge is 0.387 e. The fourth-order valence-corrected chi connectivity index (χ4v) is 2.80. The van der Waals surface area contributed by atoms with Gasteiger partial charge in [-0.1, -0.05) is 6.92 Å². The van der Waals surface area contributed by atoms with Gasteiger partial charge in [-0.05, 0) is 6.07 Å². The Balaban J connectivity index is 2.13. The smallest absolute Gasteiger partial charge is 0.0574 e. The molecule has 1 aromatic heterocycles. The minimum Gasteiger partial charge on any atom is -0.387 e. The first-order valence-electron chi connectivity index (χ1n) is 5.29. The van der Waals surface area contributed by atoms with Gasteiger partial charge in [0.15, 0.2) is 0 Å². The summed E-state index contributed by atoms with van der Waals surface area (Å²) in [5, 5.41) is 3.84. The minimum absolute atomic E-state index is 0.719. The van der Waals surface area contributed by atoms with E-state index in [9.17, 15) is 0 Å². The zero-order valence-electron chi connectivity index (χ0n) is 9.23. The average Bonchev–Trinajstić information content (AvgIpc) is 2.29. The van der Waals surface area contributed by atoms with E-state index in [1.54, 1.807) is 0 Å². The van der Waals surface area contributed by atoms with Crippen LogP contribution in [0.15, 0.2) is 18.5 Å². The van der Waals surface area contributed by atoms with Crippen molar-refractivity contribution >= 4 is 23.1 Å². The Bertz CT molecular complexity index is 329. The molecule has 0 radical (unpaired) electrons. The lowest BCUT2D eigenvalue weighted by atomic mass is 10.3. The number of nitrogens with zero attached hydrogens (tertiary/aromatic N) is 2. The normalized spacial score (nSPS) is 21.5. The molecule has 4 heteroatoms. The summed E-state index contributed by atoms with van der Waals surface area (Å²) in [5.41, 5.74) is 2.31. The molecule has 0 amide bonds. The number of hydrogen-bond donors (Lipinski definition) is 1. The van der Waals surface area contributed by atoms with Gasteiger partial charge in [0.05, 0.1) is 23.8 Å². The monoisotopic (exact) mass is 223 g/mol. The Hall–Kier alpha value is -0.900. The van der Waals surface area contributed by atoms with Crippen LogP contribution in [0.3, 0.4) is 0 Å². The molecule has 15 heavy (non-hydrogen) atoms. The van der Waals surface area contributed by atoms with Crippen LogP contribution in [0.5, 0.6) is 0 Å². The summed E-state index contributed by atoms with van der Waals surface area (Å²) < 4.78 is 0. The van der Waals surface area contributed by atoms with E-state index in [1.165, 1.54) is 11.4 Å². The molecule has 1 aliphatic heterocycles. The number of aromatic nitrogens is 1. The zero-order chi connectivity index (χ0) is 10.7. The van der Waals surface area contributed by atoms with E-state index < -0.39 is 0 Å². The zero-order valence-corrected chi connectivity index (χ0v) is 10.0. The summed E-state index contributed by atoms with van der Waals surface area (Å²) in [5.74, 6) is 1.21. The van der Waals surface area contributed by atoms with E-state index in [0.717, 1.165) is 24.0 Å². The average molecular weight is 223 g/mol. The minimum atomic E-state index is 0.719.